The van der Waals surface area contributed by atoms with Gasteiger partial charge in [0.15, 0.2) is 0 Å². The summed E-state index contributed by atoms with van der Waals surface area (Å²) in [5, 5.41) is 3.96. The first-order valence-corrected chi connectivity index (χ1v) is 11.8. The van der Waals surface area contributed by atoms with Gasteiger partial charge in [0.25, 0.3) is 5.91 Å². The van der Waals surface area contributed by atoms with Gasteiger partial charge in [-0.15, -0.1) is 0 Å². The zero-order chi connectivity index (χ0) is 23.8. The fourth-order valence-corrected chi connectivity index (χ4v) is 4.79. The SMILES string of the molecule is COc1ccc(C)cc1S(=O)(=O)N(CC(=O)NN=Cc1ccc(C)cc1)Cc1ccccc1. The Labute approximate surface area is 194 Å². The molecule has 0 aromatic heterocycles. The smallest absolute Gasteiger partial charge is 0.255 e. The highest BCUT2D eigenvalue weighted by molar-refractivity contribution is 7.89. The topological polar surface area (TPSA) is 88.1 Å². The molecule has 0 fully saturated rings. The van der Waals surface area contributed by atoms with Crippen LogP contribution < -0.4 is 10.2 Å². The molecular formula is C25H27N3O4S. The van der Waals surface area contributed by atoms with Gasteiger partial charge >= 0.3 is 0 Å². The molecule has 0 unspecified atom stereocenters. The van der Waals surface area contributed by atoms with Crippen LogP contribution in [-0.2, 0) is 21.4 Å². The van der Waals surface area contributed by atoms with Crippen LogP contribution in [-0.4, -0.2) is 38.5 Å². The van der Waals surface area contributed by atoms with Crippen molar-refractivity contribution in [2.75, 3.05) is 13.7 Å². The van der Waals surface area contributed by atoms with Crippen molar-refractivity contribution in [1.82, 2.24) is 9.73 Å². The van der Waals surface area contributed by atoms with Gasteiger partial charge in [-0.05, 0) is 42.7 Å². The van der Waals surface area contributed by atoms with Gasteiger partial charge in [0, 0.05) is 6.54 Å². The number of benzene rings is 3. The molecule has 0 aliphatic rings. The molecule has 8 heteroatoms. The molecule has 0 bridgehead atoms. The average Bonchev–Trinajstić information content (AvgIpc) is 2.80. The van der Waals surface area contributed by atoms with E-state index in [1.54, 1.807) is 25.1 Å². The maximum atomic E-state index is 13.6. The van der Waals surface area contributed by atoms with Gasteiger partial charge in [-0.25, -0.2) is 13.8 Å². The molecule has 3 aromatic rings. The van der Waals surface area contributed by atoms with Crippen molar-refractivity contribution >= 4 is 22.1 Å². The predicted octanol–water partition coefficient (Wildman–Crippen LogP) is 3.65. The Morgan fingerprint density at radius 1 is 1.00 bits per heavy atom. The third kappa shape index (κ3) is 6.50. The van der Waals surface area contributed by atoms with Crippen molar-refractivity contribution in [2.24, 2.45) is 5.10 Å². The molecule has 33 heavy (non-hydrogen) atoms. The van der Waals surface area contributed by atoms with Gasteiger partial charge in [0.2, 0.25) is 10.0 Å². The number of sulfonamides is 1. The number of carbonyl (C=O) groups is 1. The van der Waals surface area contributed by atoms with E-state index in [9.17, 15) is 13.2 Å². The Morgan fingerprint density at radius 2 is 1.67 bits per heavy atom. The summed E-state index contributed by atoms with van der Waals surface area (Å²) in [5.74, 6) is -0.332. The maximum absolute atomic E-state index is 13.6. The number of methoxy groups -OCH3 is 1. The van der Waals surface area contributed by atoms with Crippen LogP contribution in [0.1, 0.15) is 22.3 Å². The number of hydrazone groups is 1. The Balaban J connectivity index is 1.84. The number of nitrogens with one attached hydrogen (secondary N) is 1. The van der Waals surface area contributed by atoms with Gasteiger partial charge in [-0.1, -0.05) is 66.2 Å². The van der Waals surface area contributed by atoms with Crippen molar-refractivity contribution in [1.29, 1.82) is 0 Å². The second kappa shape index (κ2) is 10.9. The van der Waals surface area contributed by atoms with Crippen LogP contribution in [0.25, 0.3) is 0 Å². The first-order chi connectivity index (χ1) is 15.8. The molecule has 1 amide bonds. The van der Waals surface area contributed by atoms with Crippen LogP contribution in [0.5, 0.6) is 5.75 Å². The van der Waals surface area contributed by atoms with Crippen LogP contribution in [0.3, 0.4) is 0 Å². The number of hydrogen-bond acceptors (Lipinski definition) is 5. The maximum Gasteiger partial charge on any atom is 0.255 e. The normalized spacial score (nSPS) is 11.6. The molecule has 0 heterocycles. The first-order valence-electron chi connectivity index (χ1n) is 10.4. The first kappa shape index (κ1) is 24.2. The number of rotatable bonds is 9. The summed E-state index contributed by atoms with van der Waals surface area (Å²) in [6.07, 6.45) is 1.51. The van der Waals surface area contributed by atoms with E-state index >= 15 is 0 Å². The Kier molecular flexibility index (Phi) is 7.97. The molecular weight excluding hydrogens is 438 g/mol. The summed E-state index contributed by atoms with van der Waals surface area (Å²) < 4.78 is 33.5. The molecule has 0 aliphatic carbocycles. The number of hydrogen-bond donors (Lipinski definition) is 1. The van der Waals surface area contributed by atoms with Crippen LogP contribution in [0.2, 0.25) is 0 Å². The average molecular weight is 466 g/mol. The molecule has 0 saturated heterocycles. The summed E-state index contributed by atoms with van der Waals surface area (Å²) in [5.41, 5.74) is 5.87. The number of nitrogens with zero attached hydrogens (tertiary/aromatic N) is 2. The lowest BCUT2D eigenvalue weighted by Crippen LogP contribution is -2.39. The Bertz CT molecular complexity index is 1220. The molecule has 172 valence electrons. The van der Waals surface area contributed by atoms with E-state index in [2.05, 4.69) is 10.5 Å². The molecule has 1 N–H and O–H groups in total. The van der Waals surface area contributed by atoms with Crippen LogP contribution in [0.15, 0.2) is 82.8 Å². The fraction of sp³-hybridized carbons (Fsp3) is 0.200. The standard InChI is InChI=1S/C25H27N3O4S/c1-19-9-12-21(13-10-19)16-26-27-25(29)18-28(17-22-7-5-4-6-8-22)33(30,31)24-15-20(2)11-14-23(24)32-3/h4-16H,17-18H2,1-3H3,(H,27,29). The van der Waals surface area contributed by atoms with E-state index in [4.69, 9.17) is 4.74 Å². The highest BCUT2D eigenvalue weighted by Gasteiger charge is 2.30. The molecule has 0 radical (unpaired) electrons. The fourth-order valence-electron chi connectivity index (χ4n) is 3.16. The Hall–Kier alpha value is -3.49. The van der Waals surface area contributed by atoms with E-state index in [1.807, 2.05) is 61.5 Å². The number of carbonyl (C=O) groups excluding carboxylic acids is 1. The molecule has 0 saturated carbocycles. The molecule has 3 rings (SSSR count). The lowest BCUT2D eigenvalue weighted by Gasteiger charge is -2.23. The monoisotopic (exact) mass is 465 g/mol. The summed E-state index contributed by atoms with van der Waals surface area (Å²) >= 11 is 0. The van der Waals surface area contributed by atoms with Crippen LogP contribution >= 0.6 is 0 Å². The Morgan fingerprint density at radius 3 is 2.33 bits per heavy atom. The van der Waals surface area contributed by atoms with Crippen LogP contribution in [0.4, 0.5) is 0 Å². The van der Waals surface area contributed by atoms with E-state index in [0.29, 0.717) is 0 Å². The van der Waals surface area contributed by atoms with E-state index in [-0.39, 0.29) is 17.2 Å². The van der Waals surface area contributed by atoms with Gasteiger partial charge in [-0.3, -0.25) is 4.79 Å². The summed E-state index contributed by atoms with van der Waals surface area (Å²) in [4.78, 5) is 12.6. The zero-order valence-electron chi connectivity index (χ0n) is 18.9. The third-order valence-corrected chi connectivity index (χ3v) is 6.75. The van der Waals surface area contributed by atoms with Crippen molar-refractivity contribution < 1.29 is 17.9 Å². The highest BCUT2D eigenvalue weighted by Crippen LogP contribution is 2.28. The van der Waals surface area contributed by atoms with Gasteiger partial charge in [-0.2, -0.15) is 9.41 Å². The number of ether oxygens (including phenoxy) is 1. The zero-order valence-corrected chi connectivity index (χ0v) is 19.7. The highest BCUT2D eigenvalue weighted by atomic mass is 32.2. The summed E-state index contributed by atoms with van der Waals surface area (Å²) in [7, 11) is -2.63. The molecule has 0 spiro atoms. The van der Waals surface area contributed by atoms with Gasteiger partial charge < -0.3 is 4.74 Å². The molecule has 3 aromatic carbocycles. The third-order valence-electron chi connectivity index (χ3n) is 4.94. The quantitative estimate of drug-likeness (QED) is 0.386. The minimum Gasteiger partial charge on any atom is -0.495 e. The van der Waals surface area contributed by atoms with E-state index < -0.39 is 22.5 Å². The number of amides is 1. The van der Waals surface area contributed by atoms with E-state index in [1.165, 1.54) is 13.3 Å². The predicted molar refractivity (Wildman–Crippen MR) is 129 cm³/mol. The summed E-state index contributed by atoms with van der Waals surface area (Å²) in [6, 6.07) is 21.6. The van der Waals surface area contributed by atoms with E-state index in [0.717, 1.165) is 26.6 Å². The molecule has 7 nitrogen and oxygen atoms in total. The summed E-state index contributed by atoms with van der Waals surface area (Å²) in [6.45, 7) is 3.40. The minimum absolute atomic E-state index is 0.0110. The molecule has 0 aliphatic heterocycles. The van der Waals surface area contributed by atoms with Gasteiger partial charge in [0.1, 0.15) is 10.6 Å². The van der Waals surface area contributed by atoms with Crippen molar-refractivity contribution in [3.63, 3.8) is 0 Å². The second-order valence-electron chi connectivity index (χ2n) is 7.62. The second-order valence-corrected chi connectivity index (χ2v) is 9.52. The van der Waals surface area contributed by atoms with Crippen molar-refractivity contribution in [3.8, 4) is 5.75 Å². The number of aryl methyl sites for hydroxylation is 2. The van der Waals surface area contributed by atoms with Crippen molar-refractivity contribution in [3.05, 3.63) is 95.1 Å². The largest absolute Gasteiger partial charge is 0.495 e. The van der Waals surface area contributed by atoms with Gasteiger partial charge in [0.05, 0.1) is 19.9 Å². The van der Waals surface area contributed by atoms with Crippen LogP contribution in [0, 0.1) is 13.8 Å². The minimum atomic E-state index is -4.05. The van der Waals surface area contributed by atoms with Crippen molar-refractivity contribution in [2.45, 2.75) is 25.3 Å². The lowest BCUT2D eigenvalue weighted by atomic mass is 10.2. The molecule has 0 atom stereocenters. The lowest BCUT2D eigenvalue weighted by molar-refractivity contribution is -0.121.